The van der Waals surface area contributed by atoms with Crippen LogP contribution in [0.2, 0.25) is 0 Å². The van der Waals surface area contributed by atoms with Crippen molar-refractivity contribution < 1.29 is 5.11 Å². The van der Waals surface area contributed by atoms with Crippen LogP contribution in [0.25, 0.3) is 10.9 Å². The summed E-state index contributed by atoms with van der Waals surface area (Å²) in [6, 6.07) is 7.94. The lowest BCUT2D eigenvalue weighted by molar-refractivity contribution is 0.309. The Labute approximate surface area is 134 Å². The number of aromatic amines is 1. The van der Waals surface area contributed by atoms with Crippen LogP contribution in [0.15, 0.2) is 34.5 Å². The number of H-pyrrole nitrogens is 1. The Bertz CT molecular complexity index is 709. The minimum absolute atomic E-state index is 0.0128. The molecule has 1 aliphatic rings. The lowest BCUT2D eigenvalue weighted by Gasteiger charge is -2.29. The molecule has 116 valence electrons. The van der Waals surface area contributed by atoms with Gasteiger partial charge in [-0.3, -0.25) is 0 Å². The molecule has 1 heterocycles. The number of fused-ring (bicyclic) bond motifs is 1. The number of hydrogen-bond acceptors (Lipinski definition) is 3. The van der Waals surface area contributed by atoms with Crippen LogP contribution < -0.4 is 5.32 Å². The minimum Gasteiger partial charge on any atom is -0.493 e. The summed E-state index contributed by atoms with van der Waals surface area (Å²) in [7, 11) is 0. The highest BCUT2D eigenvalue weighted by molar-refractivity contribution is 7.80. The summed E-state index contributed by atoms with van der Waals surface area (Å²) in [5.41, 5.74) is 1.25. The highest BCUT2D eigenvalue weighted by Crippen LogP contribution is 2.35. The molecule has 1 saturated carbocycles. The van der Waals surface area contributed by atoms with Crippen molar-refractivity contribution in [2.24, 2.45) is 16.1 Å². The van der Waals surface area contributed by atoms with E-state index in [0.717, 1.165) is 17.3 Å². The normalized spacial score (nSPS) is 22.2. The van der Waals surface area contributed by atoms with Gasteiger partial charge in [-0.2, -0.15) is 0 Å². The molecule has 0 spiro atoms. The van der Waals surface area contributed by atoms with Gasteiger partial charge in [-0.25, -0.2) is 0 Å². The van der Waals surface area contributed by atoms with Crippen molar-refractivity contribution in [2.45, 2.75) is 38.6 Å². The quantitative estimate of drug-likeness (QED) is 0.567. The summed E-state index contributed by atoms with van der Waals surface area (Å²) >= 11 is 5.26. The SMILES string of the molecule is C[C@H]1CCCC[C@@H]1NC(=S)N=Nc1c(O)[nH]c2ccccc12. The summed E-state index contributed by atoms with van der Waals surface area (Å²) in [4.78, 5) is 2.88. The molecule has 1 aromatic heterocycles. The second kappa shape index (κ2) is 6.44. The molecule has 6 heteroatoms. The first-order valence-electron chi connectivity index (χ1n) is 7.67. The monoisotopic (exact) mass is 316 g/mol. The van der Waals surface area contributed by atoms with Crippen LogP contribution in [0, 0.1) is 5.92 Å². The number of aromatic nitrogens is 1. The smallest absolute Gasteiger partial charge is 0.218 e. The fourth-order valence-electron chi connectivity index (χ4n) is 3.03. The number of nitrogens with zero attached hydrogens (tertiary/aromatic N) is 2. The van der Waals surface area contributed by atoms with Gasteiger partial charge in [-0.15, -0.1) is 10.2 Å². The molecule has 0 amide bonds. The number of thiocarbonyl (C=S) groups is 1. The number of rotatable bonds is 2. The molecule has 3 N–H and O–H groups in total. The number of benzene rings is 1. The molecule has 0 unspecified atom stereocenters. The summed E-state index contributed by atoms with van der Waals surface area (Å²) < 4.78 is 0. The first kappa shape index (κ1) is 15.0. The highest BCUT2D eigenvalue weighted by atomic mass is 32.1. The maximum absolute atomic E-state index is 9.94. The minimum atomic E-state index is 0.0128. The van der Waals surface area contributed by atoms with Gasteiger partial charge in [-0.1, -0.05) is 38.0 Å². The summed E-state index contributed by atoms with van der Waals surface area (Å²) in [5.74, 6) is 0.613. The Morgan fingerprint density at radius 1 is 1.32 bits per heavy atom. The zero-order valence-corrected chi connectivity index (χ0v) is 13.4. The van der Waals surface area contributed by atoms with Crippen LogP contribution in [0.3, 0.4) is 0 Å². The van der Waals surface area contributed by atoms with Crippen LogP contribution in [-0.2, 0) is 0 Å². The van der Waals surface area contributed by atoms with Gasteiger partial charge in [-0.05, 0) is 37.0 Å². The number of hydrogen-bond donors (Lipinski definition) is 3. The molecule has 2 atom stereocenters. The number of aromatic hydroxyl groups is 1. The van der Waals surface area contributed by atoms with Crippen molar-refractivity contribution in [1.29, 1.82) is 0 Å². The topological polar surface area (TPSA) is 72.8 Å². The number of para-hydroxylation sites is 1. The predicted molar refractivity (Wildman–Crippen MR) is 91.6 cm³/mol. The van der Waals surface area contributed by atoms with Gasteiger partial charge in [0.25, 0.3) is 0 Å². The van der Waals surface area contributed by atoms with Gasteiger partial charge < -0.3 is 15.4 Å². The van der Waals surface area contributed by atoms with Gasteiger partial charge in [0.1, 0.15) is 0 Å². The van der Waals surface area contributed by atoms with Crippen LogP contribution in [0.1, 0.15) is 32.6 Å². The second-order valence-corrected chi connectivity index (χ2v) is 6.27. The maximum atomic E-state index is 9.94. The molecule has 1 aliphatic carbocycles. The van der Waals surface area contributed by atoms with Crippen molar-refractivity contribution in [3.8, 4) is 5.88 Å². The maximum Gasteiger partial charge on any atom is 0.218 e. The Morgan fingerprint density at radius 2 is 2.09 bits per heavy atom. The molecule has 3 rings (SSSR count). The van der Waals surface area contributed by atoms with Crippen molar-refractivity contribution in [2.75, 3.05) is 0 Å². The van der Waals surface area contributed by atoms with Crippen molar-refractivity contribution in [3.63, 3.8) is 0 Å². The van der Waals surface area contributed by atoms with Crippen LogP contribution in [0.5, 0.6) is 5.88 Å². The first-order valence-corrected chi connectivity index (χ1v) is 8.08. The molecule has 0 radical (unpaired) electrons. The second-order valence-electron chi connectivity index (χ2n) is 5.89. The molecule has 1 aromatic carbocycles. The lowest BCUT2D eigenvalue weighted by Crippen LogP contribution is -2.39. The largest absolute Gasteiger partial charge is 0.493 e. The van der Waals surface area contributed by atoms with Crippen LogP contribution in [0.4, 0.5) is 5.69 Å². The molecule has 0 saturated heterocycles. The van der Waals surface area contributed by atoms with Gasteiger partial charge >= 0.3 is 0 Å². The fraction of sp³-hybridized carbons (Fsp3) is 0.438. The molecular weight excluding hydrogens is 296 g/mol. The highest BCUT2D eigenvalue weighted by Gasteiger charge is 2.21. The molecule has 1 fully saturated rings. The Morgan fingerprint density at radius 3 is 2.91 bits per heavy atom. The van der Waals surface area contributed by atoms with Gasteiger partial charge in [0.05, 0.1) is 5.52 Å². The predicted octanol–water partition coefficient (Wildman–Crippen LogP) is 4.41. The standard InChI is InChI=1S/C16H20N4OS/c1-10-6-2-4-8-12(10)18-16(22)20-19-14-11-7-3-5-9-13(11)17-15(14)21/h3,5,7,9-10,12,17,21H,2,4,6,8H2,1H3,(H,18,22)/t10-,12-/m0/s1. The van der Waals surface area contributed by atoms with Crippen LogP contribution >= 0.6 is 12.2 Å². The molecule has 0 bridgehead atoms. The summed E-state index contributed by atoms with van der Waals surface area (Å²) in [6.07, 6.45) is 4.86. The van der Waals surface area contributed by atoms with E-state index in [2.05, 4.69) is 27.5 Å². The van der Waals surface area contributed by atoms with Crippen molar-refractivity contribution in [1.82, 2.24) is 10.3 Å². The first-order chi connectivity index (χ1) is 10.6. The number of nitrogens with one attached hydrogen (secondary N) is 2. The molecule has 2 aromatic rings. The lowest BCUT2D eigenvalue weighted by atomic mass is 9.86. The zero-order valence-electron chi connectivity index (χ0n) is 12.5. The molecule has 22 heavy (non-hydrogen) atoms. The average Bonchev–Trinajstić information content (AvgIpc) is 2.83. The zero-order chi connectivity index (χ0) is 15.5. The van der Waals surface area contributed by atoms with E-state index in [1.807, 2.05) is 24.3 Å². The van der Waals surface area contributed by atoms with E-state index in [9.17, 15) is 5.11 Å². The Hall–Kier alpha value is -1.95. The van der Waals surface area contributed by atoms with Gasteiger partial charge in [0, 0.05) is 11.4 Å². The van der Waals surface area contributed by atoms with Crippen molar-refractivity contribution >= 4 is 33.9 Å². The molecule has 5 nitrogen and oxygen atoms in total. The van der Waals surface area contributed by atoms with E-state index in [4.69, 9.17) is 12.2 Å². The molecular formula is C16H20N4OS. The third-order valence-corrected chi connectivity index (χ3v) is 4.52. The van der Waals surface area contributed by atoms with E-state index in [-0.39, 0.29) is 5.88 Å². The summed E-state index contributed by atoms with van der Waals surface area (Å²) in [6.45, 7) is 2.24. The number of azo groups is 1. The van der Waals surface area contributed by atoms with E-state index in [1.54, 1.807) is 0 Å². The van der Waals surface area contributed by atoms with E-state index in [1.165, 1.54) is 19.3 Å². The summed E-state index contributed by atoms with van der Waals surface area (Å²) in [5, 5.41) is 22.6. The Balaban J connectivity index is 1.72. The third kappa shape index (κ3) is 3.11. The molecule has 0 aliphatic heterocycles. The van der Waals surface area contributed by atoms with Gasteiger partial charge in [0.15, 0.2) is 5.69 Å². The van der Waals surface area contributed by atoms with E-state index < -0.39 is 0 Å². The van der Waals surface area contributed by atoms with Crippen molar-refractivity contribution in [3.05, 3.63) is 24.3 Å². The average molecular weight is 316 g/mol. The van der Waals surface area contributed by atoms with Crippen LogP contribution in [-0.4, -0.2) is 21.2 Å². The fourth-order valence-corrected chi connectivity index (χ4v) is 3.22. The Kier molecular flexibility index (Phi) is 4.38. The van der Waals surface area contributed by atoms with Gasteiger partial charge in [0.2, 0.25) is 11.0 Å². The third-order valence-electron chi connectivity index (χ3n) is 4.32. The van der Waals surface area contributed by atoms with E-state index >= 15 is 0 Å². The van der Waals surface area contributed by atoms with E-state index in [0.29, 0.717) is 22.8 Å².